The molecule has 1 heterocycles. The predicted molar refractivity (Wildman–Crippen MR) is 72.5 cm³/mol. The zero-order valence-corrected chi connectivity index (χ0v) is 11.7. The molecule has 0 aliphatic heterocycles. The van der Waals surface area contributed by atoms with E-state index in [0.717, 1.165) is 23.5 Å². The van der Waals surface area contributed by atoms with Gasteiger partial charge in [0.15, 0.2) is 0 Å². The van der Waals surface area contributed by atoms with Crippen LogP contribution < -0.4 is 5.32 Å². The average Bonchev–Trinajstić information content (AvgIpc) is 2.93. The van der Waals surface area contributed by atoms with Crippen molar-refractivity contribution in [3.8, 4) is 10.6 Å². The van der Waals surface area contributed by atoms with E-state index < -0.39 is 30.2 Å². The third-order valence-electron chi connectivity index (χ3n) is 2.60. The fourth-order valence-electron chi connectivity index (χ4n) is 1.56. The monoisotopic (exact) mass is 330 g/mol. The number of halogens is 3. The van der Waals surface area contributed by atoms with Crippen LogP contribution in [0.1, 0.15) is 16.1 Å². The average molecular weight is 330 g/mol. The van der Waals surface area contributed by atoms with Crippen molar-refractivity contribution in [3.05, 3.63) is 40.9 Å². The largest absolute Gasteiger partial charge is 0.480 e. The summed E-state index contributed by atoms with van der Waals surface area (Å²) in [4.78, 5) is 25.9. The zero-order valence-electron chi connectivity index (χ0n) is 10.8. The second-order valence-corrected chi connectivity index (χ2v) is 5.05. The Morgan fingerprint density at radius 1 is 1.23 bits per heavy atom. The number of carbonyl (C=O) groups excluding carboxylic acids is 1. The van der Waals surface area contributed by atoms with Crippen molar-refractivity contribution in [3.63, 3.8) is 0 Å². The molecular formula is C13H9F3N2O3S. The summed E-state index contributed by atoms with van der Waals surface area (Å²) in [5, 5.41) is 12.4. The number of alkyl halides is 3. The van der Waals surface area contributed by atoms with Crippen molar-refractivity contribution < 1.29 is 27.9 Å². The molecule has 9 heteroatoms. The van der Waals surface area contributed by atoms with Crippen LogP contribution in [0.25, 0.3) is 10.6 Å². The molecule has 22 heavy (non-hydrogen) atoms. The summed E-state index contributed by atoms with van der Waals surface area (Å²) in [7, 11) is 0. The number of benzene rings is 1. The molecule has 0 unspecified atom stereocenters. The van der Waals surface area contributed by atoms with Gasteiger partial charge in [-0.05, 0) is 12.1 Å². The van der Waals surface area contributed by atoms with Gasteiger partial charge in [0, 0.05) is 10.9 Å². The molecule has 0 aliphatic carbocycles. The Morgan fingerprint density at radius 3 is 2.41 bits per heavy atom. The molecule has 1 amide bonds. The Kier molecular flexibility index (Phi) is 4.45. The lowest BCUT2D eigenvalue weighted by atomic mass is 10.1. The number of thiazole rings is 1. The summed E-state index contributed by atoms with van der Waals surface area (Å²) >= 11 is 1.08. The molecular weight excluding hydrogens is 321 g/mol. The summed E-state index contributed by atoms with van der Waals surface area (Å²) in [5.41, 5.74) is -0.316. The van der Waals surface area contributed by atoms with Crippen LogP contribution in [0.3, 0.4) is 0 Å². The number of nitrogens with zero attached hydrogens (tertiary/aromatic N) is 1. The molecule has 0 spiro atoms. The minimum Gasteiger partial charge on any atom is -0.480 e. The molecule has 0 aliphatic rings. The molecule has 2 aromatic rings. The molecule has 0 saturated carbocycles. The fourth-order valence-corrected chi connectivity index (χ4v) is 2.37. The van der Waals surface area contributed by atoms with E-state index in [1.165, 1.54) is 17.5 Å². The quantitative estimate of drug-likeness (QED) is 0.903. The number of nitrogens with one attached hydrogen (secondary N) is 1. The van der Waals surface area contributed by atoms with Crippen molar-refractivity contribution in [2.24, 2.45) is 0 Å². The van der Waals surface area contributed by atoms with E-state index in [0.29, 0.717) is 10.6 Å². The topological polar surface area (TPSA) is 79.3 Å². The van der Waals surface area contributed by atoms with Crippen molar-refractivity contribution in [2.45, 2.75) is 6.18 Å². The van der Waals surface area contributed by atoms with E-state index in [9.17, 15) is 22.8 Å². The SMILES string of the molecule is O=C(O)CNC(=O)c1csc(-c2ccc(C(F)(F)F)cc2)n1. The molecule has 5 nitrogen and oxygen atoms in total. The van der Waals surface area contributed by atoms with E-state index in [2.05, 4.69) is 10.3 Å². The highest BCUT2D eigenvalue weighted by molar-refractivity contribution is 7.13. The van der Waals surface area contributed by atoms with Gasteiger partial charge in [0.1, 0.15) is 17.2 Å². The lowest BCUT2D eigenvalue weighted by Gasteiger charge is -2.06. The number of hydrogen-bond donors (Lipinski definition) is 2. The molecule has 116 valence electrons. The normalized spacial score (nSPS) is 11.2. The van der Waals surface area contributed by atoms with Crippen LogP contribution in [-0.4, -0.2) is 28.5 Å². The van der Waals surface area contributed by atoms with Crippen molar-refractivity contribution in [1.29, 1.82) is 0 Å². The van der Waals surface area contributed by atoms with Crippen LogP contribution in [0.2, 0.25) is 0 Å². The van der Waals surface area contributed by atoms with Crippen molar-refractivity contribution >= 4 is 23.2 Å². The Balaban J connectivity index is 2.14. The van der Waals surface area contributed by atoms with Gasteiger partial charge < -0.3 is 10.4 Å². The highest BCUT2D eigenvalue weighted by Gasteiger charge is 2.30. The fraction of sp³-hybridized carbons (Fsp3) is 0.154. The predicted octanol–water partition coefficient (Wildman–Crippen LogP) is 2.64. The number of aromatic nitrogens is 1. The molecule has 2 N–H and O–H groups in total. The smallest absolute Gasteiger partial charge is 0.416 e. The maximum Gasteiger partial charge on any atom is 0.416 e. The summed E-state index contributed by atoms with van der Waals surface area (Å²) < 4.78 is 37.4. The molecule has 1 aromatic carbocycles. The van der Waals surface area contributed by atoms with Crippen LogP contribution in [0.5, 0.6) is 0 Å². The van der Waals surface area contributed by atoms with Gasteiger partial charge in [-0.25, -0.2) is 4.98 Å². The summed E-state index contributed by atoms with van der Waals surface area (Å²) in [6.45, 7) is -0.536. The maximum absolute atomic E-state index is 12.5. The number of hydrogen-bond acceptors (Lipinski definition) is 4. The van der Waals surface area contributed by atoms with Crippen LogP contribution in [0.4, 0.5) is 13.2 Å². The maximum atomic E-state index is 12.5. The molecule has 0 fully saturated rings. The van der Waals surface area contributed by atoms with Gasteiger partial charge in [-0.2, -0.15) is 13.2 Å². The highest BCUT2D eigenvalue weighted by Crippen LogP contribution is 2.31. The van der Waals surface area contributed by atoms with Crippen molar-refractivity contribution in [2.75, 3.05) is 6.54 Å². The molecule has 0 bridgehead atoms. The first-order valence-electron chi connectivity index (χ1n) is 5.90. The Bertz CT molecular complexity index is 695. The van der Waals surface area contributed by atoms with E-state index >= 15 is 0 Å². The third kappa shape index (κ3) is 3.82. The summed E-state index contributed by atoms with van der Waals surface area (Å²) in [6, 6.07) is 4.39. The molecule has 0 atom stereocenters. The molecule has 0 radical (unpaired) electrons. The lowest BCUT2D eigenvalue weighted by molar-refractivity contribution is -0.137. The number of carbonyl (C=O) groups is 2. The van der Waals surface area contributed by atoms with Gasteiger partial charge in [-0.3, -0.25) is 9.59 Å². The minimum atomic E-state index is -4.41. The highest BCUT2D eigenvalue weighted by atomic mass is 32.1. The van der Waals surface area contributed by atoms with Gasteiger partial charge in [0.05, 0.1) is 5.56 Å². The Labute approximate surface area is 126 Å². The minimum absolute atomic E-state index is 0.0150. The molecule has 1 aromatic heterocycles. The van der Waals surface area contributed by atoms with Gasteiger partial charge in [0.25, 0.3) is 5.91 Å². The van der Waals surface area contributed by atoms with Crippen LogP contribution in [-0.2, 0) is 11.0 Å². The van der Waals surface area contributed by atoms with E-state index in [1.807, 2.05) is 0 Å². The summed E-state index contributed by atoms with van der Waals surface area (Å²) in [5.74, 6) is -1.84. The Morgan fingerprint density at radius 2 is 1.86 bits per heavy atom. The van der Waals surface area contributed by atoms with Crippen LogP contribution in [0, 0.1) is 0 Å². The van der Waals surface area contributed by atoms with Crippen LogP contribution >= 0.6 is 11.3 Å². The Hall–Kier alpha value is -2.42. The van der Waals surface area contributed by atoms with Crippen LogP contribution in [0.15, 0.2) is 29.6 Å². The summed E-state index contributed by atoms with van der Waals surface area (Å²) in [6.07, 6.45) is -4.41. The number of amides is 1. The zero-order chi connectivity index (χ0) is 16.3. The third-order valence-corrected chi connectivity index (χ3v) is 3.49. The number of carboxylic acid groups (broad SMARTS) is 1. The van der Waals surface area contributed by atoms with Gasteiger partial charge in [-0.1, -0.05) is 12.1 Å². The number of rotatable bonds is 4. The van der Waals surface area contributed by atoms with Gasteiger partial charge in [0.2, 0.25) is 0 Å². The standard InChI is InChI=1S/C13H9F3N2O3S/c14-13(15,16)8-3-1-7(2-4-8)12-18-9(6-22-12)11(21)17-5-10(19)20/h1-4,6H,5H2,(H,17,21)(H,19,20). The molecule has 2 rings (SSSR count). The molecule has 0 saturated heterocycles. The lowest BCUT2D eigenvalue weighted by Crippen LogP contribution is -2.29. The van der Waals surface area contributed by atoms with Gasteiger partial charge >= 0.3 is 12.1 Å². The van der Waals surface area contributed by atoms with E-state index in [-0.39, 0.29) is 5.69 Å². The second-order valence-electron chi connectivity index (χ2n) is 4.19. The van der Waals surface area contributed by atoms with E-state index in [1.54, 1.807) is 0 Å². The second kappa shape index (κ2) is 6.14. The number of carboxylic acids is 1. The first kappa shape index (κ1) is 16.0. The van der Waals surface area contributed by atoms with Crippen molar-refractivity contribution in [1.82, 2.24) is 10.3 Å². The first-order chi connectivity index (χ1) is 10.3. The van der Waals surface area contributed by atoms with Gasteiger partial charge in [-0.15, -0.1) is 11.3 Å². The number of aliphatic carboxylic acids is 1. The van der Waals surface area contributed by atoms with E-state index in [4.69, 9.17) is 5.11 Å². The first-order valence-corrected chi connectivity index (χ1v) is 6.78.